The van der Waals surface area contributed by atoms with Crippen LogP contribution in [0.4, 0.5) is 4.79 Å². The molecule has 0 aromatic carbocycles. The maximum Gasteiger partial charge on any atom is 0.326 e. The number of hydrogen-bond donors (Lipinski definition) is 4. The first-order valence-electron chi connectivity index (χ1n) is 5.59. The number of nitrogens with one attached hydrogen (secondary N) is 2. The predicted molar refractivity (Wildman–Crippen MR) is 65.1 cm³/mol. The van der Waals surface area contributed by atoms with Crippen molar-refractivity contribution in [1.82, 2.24) is 10.6 Å². The highest BCUT2D eigenvalue weighted by Gasteiger charge is 2.20. The molecule has 17 heavy (non-hydrogen) atoms. The van der Waals surface area contributed by atoms with Gasteiger partial charge in [0, 0.05) is 19.6 Å². The van der Waals surface area contributed by atoms with Crippen LogP contribution in [0, 0.1) is 5.92 Å². The molecule has 1 saturated heterocycles. The van der Waals surface area contributed by atoms with Gasteiger partial charge in [0.25, 0.3) is 0 Å². The Morgan fingerprint density at radius 3 is 2.76 bits per heavy atom. The Labute approximate surface area is 104 Å². The lowest BCUT2D eigenvalue weighted by Gasteiger charge is -2.15. The molecule has 6 nitrogen and oxygen atoms in total. The molecule has 0 aromatic rings. The average Bonchev–Trinajstić information content (AvgIpc) is 2.78. The van der Waals surface area contributed by atoms with Gasteiger partial charge in [-0.3, -0.25) is 0 Å². The van der Waals surface area contributed by atoms with Crippen molar-refractivity contribution in [3.8, 4) is 0 Å². The van der Waals surface area contributed by atoms with E-state index in [-0.39, 0.29) is 13.0 Å². The van der Waals surface area contributed by atoms with E-state index in [1.54, 1.807) is 0 Å². The number of hydrogen-bond acceptors (Lipinski definition) is 4. The summed E-state index contributed by atoms with van der Waals surface area (Å²) >= 11 is 1.86. The van der Waals surface area contributed by atoms with Crippen molar-refractivity contribution in [1.29, 1.82) is 0 Å². The highest BCUT2D eigenvalue weighted by atomic mass is 32.2. The molecule has 1 aliphatic rings. The number of amides is 2. The molecule has 1 fully saturated rings. The molecule has 0 saturated carbocycles. The number of carbonyl (C=O) groups excluding carboxylic acids is 1. The Balaban J connectivity index is 2.23. The Morgan fingerprint density at radius 2 is 2.24 bits per heavy atom. The molecule has 1 aliphatic heterocycles. The van der Waals surface area contributed by atoms with Crippen LogP contribution in [-0.2, 0) is 4.79 Å². The Kier molecular flexibility index (Phi) is 6.13. The van der Waals surface area contributed by atoms with Crippen LogP contribution >= 0.6 is 11.8 Å². The summed E-state index contributed by atoms with van der Waals surface area (Å²) in [6.07, 6.45) is 1.10. The maximum absolute atomic E-state index is 11.4. The molecule has 98 valence electrons. The number of rotatable bonds is 6. The molecule has 2 atom stereocenters. The largest absolute Gasteiger partial charge is 0.480 e. The van der Waals surface area contributed by atoms with Gasteiger partial charge in [-0.25, -0.2) is 9.59 Å². The molecule has 2 amide bonds. The van der Waals surface area contributed by atoms with Crippen LogP contribution in [0.15, 0.2) is 0 Å². The van der Waals surface area contributed by atoms with Gasteiger partial charge in [0.05, 0.1) is 0 Å². The summed E-state index contributed by atoms with van der Waals surface area (Å²) in [6, 6.07) is -1.51. The van der Waals surface area contributed by atoms with Gasteiger partial charge in [-0.1, -0.05) is 0 Å². The number of aliphatic carboxylic acids is 1. The van der Waals surface area contributed by atoms with Gasteiger partial charge in [-0.2, -0.15) is 11.8 Å². The van der Waals surface area contributed by atoms with E-state index in [1.165, 1.54) is 0 Å². The van der Waals surface area contributed by atoms with E-state index < -0.39 is 18.0 Å². The molecular formula is C10H18N2O4S. The summed E-state index contributed by atoms with van der Waals surface area (Å²) < 4.78 is 0. The Hall–Kier alpha value is -0.950. The van der Waals surface area contributed by atoms with Crippen molar-refractivity contribution in [2.24, 2.45) is 5.92 Å². The summed E-state index contributed by atoms with van der Waals surface area (Å²) in [5.41, 5.74) is 0. The van der Waals surface area contributed by atoms with Crippen LogP contribution in [0.3, 0.4) is 0 Å². The zero-order valence-corrected chi connectivity index (χ0v) is 10.3. The molecule has 0 bridgehead atoms. The minimum atomic E-state index is -1.13. The van der Waals surface area contributed by atoms with E-state index in [4.69, 9.17) is 10.2 Å². The highest BCUT2D eigenvalue weighted by Crippen LogP contribution is 2.22. The molecule has 4 N–H and O–H groups in total. The third kappa shape index (κ3) is 5.27. The van der Waals surface area contributed by atoms with Crippen LogP contribution in [0.5, 0.6) is 0 Å². The Bertz CT molecular complexity index is 269. The minimum absolute atomic E-state index is 0.0159. The Morgan fingerprint density at radius 1 is 1.47 bits per heavy atom. The number of aliphatic hydroxyl groups is 1. The van der Waals surface area contributed by atoms with E-state index in [9.17, 15) is 9.59 Å². The average molecular weight is 262 g/mol. The lowest BCUT2D eigenvalue weighted by atomic mass is 10.1. The van der Waals surface area contributed by atoms with Crippen molar-refractivity contribution >= 4 is 23.8 Å². The zero-order valence-electron chi connectivity index (χ0n) is 9.52. The SMILES string of the molecule is O=C(NCC1CCSC1)N[C@H](CCO)C(=O)O. The van der Waals surface area contributed by atoms with Crippen LogP contribution in [0.25, 0.3) is 0 Å². The first kappa shape index (κ1) is 14.1. The number of urea groups is 1. The van der Waals surface area contributed by atoms with Gasteiger partial charge in [-0.05, 0) is 23.8 Å². The van der Waals surface area contributed by atoms with Gasteiger partial charge in [0.1, 0.15) is 6.04 Å². The quantitative estimate of drug-likeness (QED) is 0.534. The van der Waals surface area contributed by atoms with Crippen LogP contribution in [-0.4, -0.2) is 52.9 Å². The number of aliphatic hydroxyl groups excluding tert-OH is 1. The maximum atomic E-state index is 11.4. The lowest BCUT2D eigenvalue weighted by Crippen LogP contribution is -2.47. The molecule has 0 spiro atoms. The highest BCUT2D eigenvalue weighted by molar-refractivity contribution is 7.99. The predicted octanol–water partition coefficient (Wildman–Crippen LogP) is -0.126. The first-order chi connectivity index (χ1) is 8.13. The molecule has 1 rings (SSSR count). The molecule has 0 aliphatic carbocycles. The summed E-state index contributed by atoms with van der Waals surface area (Å²) in [7, 11) is 0. The van der Waals surface area contributed by atoms with Gasteiger partial charge >= 0.3 is 12.0 Å². The summed E-state index contributed by atoms with van der Waals surface area (Å²) in [5, 5.41) is 22.4. The third-order valence-corrected chi connectivity index (χ3v) is 3.83. The first-order valence-corrected chi connectivity index (χ1v) is 6.74. The lowest BCUT2D eigenvalue weighted by molar-refractivity contribution is -0.139. The second-order valence-electron chi connectivity index (χ2n) is 3.99. The van der Waals surface area contributed by atoms with E-state index in [1.807, 2.05) is 11.8 Å². The third-order valence-electron chi connectivity index (χ3n) is 2.60. The van der Waals surface area contributed by atoms with Crippen molar-refractivity contribution in [2.45, 2.75) is 18.9 Å². The second kappa shape index (κ2) is 7.39. The number of carbonyl (C=O) groups is 2. The van der Waals surface area contributed by atoms with Crippen LogP contribution in [0.1, 0.15) is 12.8 Å². The molecule has 7 heteroatoms. The monoisotopic (exact) mass is 262 g/mol. The molecule has 0 aromatic heterocycles. The van der Waals surface area contributed by atoms with Crippen molar-refractivity contribution in [3.05, 3.63) is 0 Å². The topological polar surface area (TPSA) is 98.7 Å². The number of thioether (sulfide) groups is 1. The summed E-state index contributed by atoms with van der Waals surface area (Å²) in [6.45, 7) is 0.306. The van der Waals surface area contributed by atoms with E-state index in [2.05, 4.69) is 10.6 Å². The number of carboxylic acid groups (broad SMARTS) is 1. The van der Waals surface area contributed by atoms with Crippen LogP contribution < -0.4 is 10.6 Å². The fraction of sp³-hybridized carbons (Fsp3) is 0.800. The molecule has 1 unspecified atom stereocenters. The normalized spacial score (nSPS) is 20.9. The molecular weight excluding hydrogens is 244 g/mol. The van der Waals surface area contributed by atoms with Gasteiger partial charge in [0.15, 0.2) is 0 Å². The second-order valence-corrected chi connectivity index (χ2v) is 5.14. The van der Waals surface area contributed by atoms with Gasteiger partial charge in [-0.15, -0.1) is 0 Å². The van der Waals surface area contributed by atoms with E-state index in [0.717, 1.165) is 17.9 Å². The standard InChI is InChI=1S/C10H18N2O4S/c13-3-1-8(9(14)15)12-10(16)11-5-7-2-4-17-6-7/h7-8,13H,1-6H2,(H,14,15)(H2,11,12,16)/t7?,8-/m1/s1. The van der Waals surface area contributed by atoms with Gasteiger partial charge < -0.3 is 20.8 Å². The fourth-order valence-electron chi connectivity index (χ4n) is 1.58. The van der Waals surface area contributed by atoms with Crippen molar-refractivity contribution in [2.75, 3.05) is 24.7 Å². The minimum Gasteiger partial charge on any atom is -0.480 e. The molecule has 0 radical (unpaired) electrons. The summed E-state index contributed by atoms with van der Waals surface area (Å²) in [4.78, 5) is 22.1. The fourth-order valence-corrected chi connectivity index (χ4v) is 2.86. The number of carboxylic acids is 1. The van der Waals surface area contributed by atoms with Crippen molar-refractivity contribution < 1.29 is 19.8 Å². The van der Waals surface area contributed by atoms with Crippen LogP contribution in [0.2, 0.25) is 0 Å². The van der Waals surface area contributed by atoms with Gasteiger partial charge in [0.2, 0.25) is 0 Å². The van der Waals surface area contributed by atoms with E-state index >= 15 is 0 Å². The smallest absolute Gasteiger partial charge is 0.326 e. The van der Waals surface area contributed by atoms with E-state index in [0.29, 0.717) is 12.5 Å². The van der Waals surface area contributed by atoms with Crippen molar-refractivity contribution in [3.63, 3.8) is 0 Å². The molecule has 1 heterocycles. The summed E-state index contributed by atoms with van der Waals surface area (Å²) in [5.74, 6) is 1.51. The zero-order chi connectivity index (χ0) is 12.7.